The smallest absolute Gasteiger partial charge is 0.333 e. The quantitative estimate of drug-likeness (QED) is 0.586. The molecule has 2 aliphatic heterocycles. The molecule has 2 spiro atoms. The SMILES string of the molecule is CN1C(=O)C2(OC(=O)C=C2c2ccccc2)C(=O)C12CCCCC2. The van der Waals surface area contributed by atoms with Crippen molar-refractivity contribution >= 4 is 23.2 Å². The maximum Gasteiger partial charge on any atom is 0.333 e. The fraction of sp³-hybridized carbons (Fsp3) is 0.421. The van der Waals surface area contributed by atoms with Crippen molar-refractivity contribution in [2.75, 3.05) is 7.05 Å². The van der Waals surface area contributed by atoms with Crippen molar-refractivity contribution in [3.05, 3.63) is 42.0 Å². The molecule has 0 radical (unpaired) electrons. The number of ether oxygens (including phenoxy) is 1. The molecular formula is C19H19NO4. The summed E-state index contributed by atoms with van der Waals surface area (Å²) < 4.78 is 5.43. The van der Waals surface area contributed by atoms with Crippen LogP contribution in [-0.2, 0) is 19.1 Å². The van der Waals surface area contributed by atoms with Crippen LogP contribution in [0.3, 0.4) is 0 Å². The summed E-state index contributed by atoms with van der Waals surface area (Å²) in [6.07, 6.45) is 5.42. The summed E-state index contributed by atoms with van der Waals surface area (Å²) in [5.74, 6) is -1.32. The Morgan fingerprint density at radius 2 is 1.67 bits per heavy atom. The maximum absolute atomic E-state index is 13.5. The lowest BCUT2D eigenvalue weighted by molar-refractivity contribution is -0.159. The van der Waals surface area contributed by atoms with Crippen LogP contribution in [0.1, 0.15) is 37.7 Å². The number of benzene rings is 1. The van der Waals surface area contributed by atoms with Crippen molar-refractivity contribution in [2.24, 2.45) is 0 Å². The minimum absolute atomic E-state index is 0.275. The molecule has 0 aromatic heterocycles. The fourth-order valence-electron chi connectivity index (χ4n) is 4.39. The Kier molecular flexibility index (Phi) is 3.17. The Labute approximate surface area is 140 Å². The molecule has 2 heterocycles. The van der Waals surface area contributed by atoms with Gasteiger partial charge in [0.15, 0.2) is 0 Å². The van der Waals surface area contributed by atoms with Gasteiger partial charge in [-0.2, -0.15) is 0 Å². The lowest BCUT2D eigenvalue weighted by Crippen LogP contribution is -2.50. The monoisotopic (exact) mass is 325 g/mol. The van der Waals surface area contributed by atoms with Crippen LogP contribution < -0.4 is 0 Å². The van der Waals surface area contributed by atoms with E-state index in [0.717, 1.165) is 19.3 Å². The van der Waals surface area contributed by atoms with Crippen LogP contribution in [0.2, 0.25) is 0 Å². The number of hydrogen-bond acceptors (Lipinski definition) is 4. The highest BCUT2D eigenvalue weighted by molar-refractivity contribution is 6.31. The van der Waals surface area contributed by atoms with E-state index in [1.54, 1.807) is 19.2 Å². The third kappa shape index (κ3) is 1.72. The highest BCUT2D eigenvalue weighted by atomic mass is 16.6. The van der Waals surface area contributed by atoms with Crippen molar-refractivity contribution in [1.82, 2.24) is 4.90 Å². The van der Waals surface area contributed by atoms with E-state index < -0.39 is 23.0 Å². The van der Waals surface area contributed by atoms with Gasteiger partial charge in [-0.3, -0.25) is 9.59 Å². The number of carbonyl (C=O) groups is 3. The molecule has 1 saturated heterocycles. The number of rotatable bonds is 1. The van der Waals surface area contributed by atoms with Crippen LogP contribution in [-0.4, -0.2) is 40.7 Å². The number of hydrogen-bond donors (Lipinski definition) is 0. The predicted octanol–water partition coefficient (Wildman–Crippen LogP) is 2.11. The highest BCUT2D eigenvalue weighted by Gasteiger charge is 2.71. The van der Waals surface area contributed by atoms with E-state index in [-0.39, 0.29) is 5.78 Å². The Hall–Kier alpha value is -2.43. The molecule has 2 fully saturated rings. The third-order valence-electron chi connectivity index (χ3n) is 5.65. The van der Waals surface area contributed by atoms with E-state index >= 15 is 0 Å². The molecule has 1 aliphatic carbocycles. The number of ketones is 1. The topological polar surface area (TPSA) is 63.7 Å². The molecule has 1 aromatic carbocycles. The van der Waals surface area contributed by atoms with E-state index in [9.17, 15) is 14.4 Å². The average Bonchev–Trinajstić information content (AvgIpc) is 3.04. The lowest BCUT2D eigenvalue weighted by atomic mass is 9.74. The molecule has 1 saturated carbocycles. The second kappa shape index (κ2) is 5.03. The fourth-order valence-corrected chi connectivity index (χ4v) is 4.39. The first-order valence-corrected chi connectivity index (χ1v) is 8.36. The molecule has 1 aromatic rings. The molecule has 124 valence electrons. The number of Topliss-reactive ketones (excluding diaryl/α,β-unsaturated/α-hetero) is 1. The standard InChI is InChI=1S/C19H19NO4/c1-20-17(23)19(16(22)18(20)10-6-3-7-11-18)14(12-15(21)24-19)13-8-4-2-5-9-13/h2,4-5,8-9,12H,3,6-7,10-11H2,1H3. The number of likely N-dealkylation sites (N-methyl/N-ethyl adjacent to an activating group) is 1. The van der Waals surface area contributed by atoms with Crippen molar-refractivity contribution < 1.29 is 19.1 Å². The summed E-state index contributed by atoms with van der Waals surface area (Å²) >= 11 is 0. The first-order chi connectivity index (χ1) is 11.5. The molecule has 1 atom stereocenters. The first-order valence-electron chi connectivity index (χ1n) is 8.36. The molecule has 0 bridgehead atoms. The molecule has 24 heavy (non-hydrogen) atoms. The van der Waals surface area contributed by atoms with Gasteiger partial charge in [0.25, 0.3) is 11.5 Å². The molecular weight excluding hydrogens is 306 g/mol. The van der Waals surface area contributed by atoms with Gasteiger partial charge in [0, 0.05) is 18.7 Å². The minimum Gasteiger partial charge on any atom is -0.432 e. The van der Waals surface area contributed by atoms with Gasteiger partial charge >= 0.3 is 5.97 Å². The Morgan fingerprint density at radius 1 is 1.00 bits per heavy atom. The van der Waals surface area contributed by atoms with Gasteiger partial charge < -0.3 is 9.64 Å². The van der Waals surface area contributed by atoms with Gasteiger partial charge in [-0.15, -0.1) is 0 Å². The Morgan fingerprint density at radius 3 is 2.33 bits per heavy atom. The van der Waals surface area contributed by atoms with Crippen LogP contribution in [0, 0.1) is 0 Å². The first kappa shape index (κ1) is 15.1. The van der Waals surface area contributed by atoms with Gasteiger partial charge in [-0.25, -0.2) is 4.79 Å². The van der Waals surface area contributed by atoms with Crippen LogP contribution in [0.15, 0.2) is 36.4 Å². The van der Waals surface area contributed by atoms with E-state index in [0.29, 0.717) is 24.0 Å². The normalized spacial score (nSPS) is 28.6. The van der Waals surface area contributed by atoms with Crippen LogP contribution >= 0.6 is 0 Å². The second-order valence-corrected chi connectivity index (χ2v) is 6.81. The van der Waals surface area contributed by atoms with Crippen molar-refractivity contribution in [3.63, 3.8) is 0 Å². The summed E-state index contributed by atoms with van der Waals surface area (Å²) in [5, 5.41) is 0. The zero-order chi connectivity index (χ0) is 16.9. The van der Waals surface area contributed by atoms with E-state index in [1.807, 2.05) is 18.2 Å². The average molecular weight is 325 g/mol. The van der Waals surface area contributed by atoms with Crippen molar-refractivity contribution in [2.45, 2.75) is 43.2 Å². The molecule has 0 N–H and O–H groups in total. The number of likely N-dealkylation sites (tertiary alicyclic amines) is 1. The minimum atomic E-state index is -1.80. The molecule has 5 heteroatoms. The number of esters is 1. The van der Waals surface area contributed by atoms with Gasteiger partial charge in [0.1, 0.15) is 5.54 Å². The predicted molar refractivity (Wildman–Crippen MR) is 86.8 cm³/mol. The largest absolute Gasteiger partial charge is 0.432 e. The van der Waals surface area contributed by atoms with Crippen molar-refractivity contribution in [1.29, 1.82) is 0 Å². The maximum atomic E-state index is 13.5. The zero-order valence-corrected chi connectivity index (χ0v) is 13.6. The summed E-state index contributed by atoms with van der Waals surface area (Å²) in [4.78, 5) is 40.2. The second-order valence-electron chi connectivity index (χ2n) is 6.81. The summed E-state index contributed by atoms with van der Waals surface area (Å²) in [7, 11) is 1.66. The Balaban J connectivity index is 1.87. The number of amides is 1. The van der Waals surface area contributed by atoms with Gasteiger partial charge in [0.05, 0.1) is 0 Å². The molecule has 5 nitrogen and oxygen atoms in total. The number of carbonyl (C=O) groups excluding carboxylic acids is 3. The van der Waals surface area contributed by atoms with E-state index in [4.69, 9.17) is 4.74 Å². The highest BCUT2D eigenvalue weighted by Crippen LogP contribution is 2.50. The molecule has 1 unspecified atom stereocenters. The van der Waals surface area contributed by atoms with Crippen LogP contribution in [0.5, 0.6) is 0 Å². The molecule has 3 aliphatic rings. The van der Waals surface area contributed by atoms with Crippen LogP contribution in [0.25, 0.3) is 5.57 Å². The summed E-state index contributed by atoms with van der Waals surface area (Å²) in [6.45, 7) is 0. The van der Waals surface area contributed by atoms with Crippen molar-refractivity contribution in [3.8, 4) is 0 Å². The van der Waals surface area contributed by atoms with Gasteiger partial charge in [0.2, 0.25) is 5.78 Å². The van der Waals surface area contributed by atoms with E-state index in [1.165, 1.54) is 11.0 Å². The van der Waals surface area contributed by atoms with Gasteiger partial charge in [-0.1, -0.05) is 49.6 Å². The molecule has 4 rings (SSSR count). The van der Waals surface area contributed by atoms with E-state index in [2.05, 4.69) is 0 Å². The summed E-state index contributed by atoms with van der Waals surface area (Å²) in [6, 6.07) is 9.07. The third-order valence-corrected chi connectivity index (χ3v) is 5.65. The molecule has 1 amide bonds. The Bertz CT molecular complexity index is 761. The van der Waals surface area contributed by atoms with Gasteiger partial charge in [-0.05, 0) is 18.4 Å². The lowest BCUT2D eigenvalue weighted by Gasteiger charge is -2.37. The zero-order valence-electron chi connectivity index (χ0n) is 13.6. The summed E-state index contributed by atoms with van der Waals surface area (Å²) in [5.41, 5.74) is -1.60. The number of nitrogens with zero attached hydrogens (tertiary/aromatic N) is 1. The van der Waals surface area contributed by atoms with Crippen LogP contribution in [0.4, 0.5) is 0 Å².